The van der Waals surface area contributed by atoms with Crippen molar-refractivity contribution >= 4 is 7.60 Å². The normalized spacial score (nSPS) is 20.2. The predicted molar refractivity (Wildman–Crippen MR) is 64.5 cm³/mol. The molecule has 0 amide bonds. The van der Waals surface area contributed by atoms with Gasteiger partial charge in [0.15, 0.2) is 0 Å². The molecule has 1 saturated heterocycles. The van der Waals surface area contributed by atoms with Crippen LogP contribution in [0.1, 0.15) is 26.7 Å². The molecule has 0 saturated carbocycles. The third-order valence-electron chi connectivity index (χ3n) is 2.66. The van der Waals surface area contributed by atoms with Gasteiger partial charge in [0.1, 0.15) is 6.29 Å². The summed E-state index contributed by atoms with van der Waals surface area (Å²) in [4.78, 5) is 2.12. The number of hydrogen-bond donors (Lipinski definition) is 1. The first kappa shape index (κ1) is 14.1. The lowest BCUT2D eigenvalue weighted by molar-refractivity contribution is 0.180. The van der Waals surface area contributed by atoms with Gasteiger partial charge in [-0.3, -0.25) is 9.46 Å². The molecule has 0 aromatic rings. The Morgan fingerprint density at radius 2 is 1.75 bits per heavy atom. The molecule has 1 aliphatic rings. The van der Waals surface area contributed by atoms with E-state index >= 15 is 0 Å². The Hall–Kier alpha value is 0.0700. The molecule has 2 N–H and O–H groups in total. The minimum Gasteiger partial charge on any atom is -0.328 e. The topological polar surface area (TPSA) is 64.8 Å². The smallest absolute Gasteiger partial charge is 0.328 e. The largest absolute Gasteiger partial charge is 0.344 e. The van der Waals surface area contributed by atoms with Crippen LogP contribution in [0.3, 0.4) is 0 Å². The van der Waals surface area contributed by atoms with Gasteiger partial charge in [0, 0.05) is 19.1 Å². The fraction of sp³-hybridized carbons (Fsp3) is 1.00. The summed E-state index contributed by atoms with van der Waals surface area (Å²) in [6, 6.07) is 0.287. The third-order valence-corrected chi connectivity index (χ3v) is 4.71. The zero-order valence-corrected chi connectivity index (χ0v) is 11.1. The summed E-state index contributed by atoms with van der Waals surface area (Å²) in [5.41, 5.74) is 5.82. The maximum atomic E-state index is 12.2. The fourth-order valence-corrected chi connectivity index (χ4v) is 3.65. The van der Waals surface area contributed by atoms with E-state index < -0.39 is 7.60 Å². The van der Waals surface area contributed by atoms with Crippen molar-refractivity contribution in [2.24, 2.45) is 5.73 Å². The molecule has 0 aromatic heterocycles. The SMILES string of the molecule is CCOP(=O)(CN1CCC(N)CC1)OCC. The van der Waals surface area contributed by atoms with Crippen molar-refractivity contribution < 1.29 is 13.6 Å². The molecule has 5 nitrogen and oxygen atoms in total. The molecule has 0 aliphatic carbocycles. The van der Waals surface area contributed by atoms with Gasteiger partial charge < -0.3 is 14.8 Å². The molecule has 1 fully saturated rings. The zero-order valence-electron chi connectivity index (χ0n) is 10.2. The van der Waals surface area contributed by atoms with Crippen LogP contribution in [0.2, 0.25) is 0 Å². The van der Waals surface area contributed by atoms with Crippen LogP contribution < -0.4 is 5.73 Å². The molecular formula is C10H23N2O3P. The van der Waals surface area contributed by atoms with Gasteiger partial charge in [-0.2, -0.15) is 0 Å². The van der Waals surface area contributed by atoms with Gasteiger partial charge in [-0.15, -0.1) is 0 Å². The molecule has 0 atom stereocenters. The maximum absolute atomic E-state index is 12.2. The van der Waals surface area contributed by atoms with E-state index in [1.165, 1.54) is 0 Å². The minimum absolute atomic E-state index is 0.287. The Kier molecular flexibility index (Phi) is 5.94. The van der Waals surface area contributed by atoms with E-state index in [-0.39, 0.29) is 6.04 Å². The summed E-state index contributed by atoms with van der Waals surface area (Å²) in [6.07, 6.45) is 2.30. The number of likely N-dealkylation sites (tertiary alicyclic amines) is 1. The van der Waals surface area contributed by atoms with Crippen molar-refractivity contribution in [2.45, 2.75) is 32.7 Å². The third kappa shape index (κ3) is 4.52. The van der Waals surface area contributed by atoms with E-state index in [0.717, 1.165) is 25.9 Å². The van der Waals surface area contributed by atoms with Crippen molar-refractivity contribution in [1.29, 1.82) is 0 Å². The Balaban J connectivity index is 2.45. The van der Waals surface area contributed by atoms with E-state index in [0.29, 0.717) is 19.5 Å². The second-order valence-corrected chi connectivity index (χ2v) is 6.06. The molecule has 0 bridgehead atoms. The molecule has 6 heteroatoms. The van der Waals surface area contributed by atoms with Crippen LogP contribution in [0.25, 0.3) is 0 Å². The van der Waals surface area contributed by atoms with Crippen LogP contribution >= 0.6 is 7.60 Å². The van der Waals surface area contributed by atoms with Crippen LogP contribution in [0, 0.1) is 0 Å². The molecule has 0 aromatic carbocycles. The van der Waals surface area contributed by atoms with Crippen LogP contribution in [0.5, 0.6) is 0 Å². The van der Waals surface area contributed by atoms with Gasteiger partial charge in [-0.1, -0.05) is 0 Å². The lowest BCUT2D eigenvalue weighted by atomic mass is 10.1. The van der Waals surface area contributed by atoms with Gasteiger partial charge in [-0.05, 0) is 26.7 Å². The summed E-state index contributed by atoms with van der Waals surface area (Å²) in [5, 5.41) is 0. The molecule has 1 aliphatic heterocycles. The molecule has 1 rings (SSSR count). The van der Waals surface area contributed by atoms with Crippen molar-refractivity contribution in [2.75, 3.05) is 32.6 Å². The monoisotopic (exact) mass is 250 g/mol. The Labute approximate surface area is 97.8 Å². The first-order chi connectivity index (χ1) is 7.59. The number of nitrogens with two attached hydrogens (primary N) is 1. The summed E-state index contributed by atoms with van der Waals surface area (Å²) < 4.78 is 22.8. The fourth-order valence-electron chi connectivity index (χ4n) is 1.85. The highest BCUT2D eigenvalue weighted by Crippen LogP contribution is 2.48. The molecule has 0 radical (unpaired) electrons. The zero-order chi connectivity index (χ0) is 12.0. The molecule has 96 valence electrons. The van der Waals surface area contributed by atoms with Gasteiger partial charge in [0.05, 0.1) is 13.2 Å². The van der Waals surface area contributed by atoms with Crippen LogP contribution in [-0.4, -0.2) is 43.5 Å². The highest BCUT2D eigenvalue weighted by molar-refractivity contribution is 7.53. The van der Waals surface area contributed by atoms with Crippen LogP contribution in [-0.2, 0) is 13.6 Å². The minimum atomic E-state index is -2.92. The maximum Gasteiger partial charge on any atom is 0.344 e. The van der Waals surface area contributed by atoms with Crippen molar-refractivity contribution in [3.8, 4) is 0 Å². The highest BCUT2D eigenvalue weighted by Gasteiger charge is 2.28. The molecule has 1 heterocycles. The lowest BCUT2D eigenvalue weighted by Crippen LogP contribution is -2.40. The van der Waals surface area contributed by atoms with Crippen molar-refractivity contribution in [3.63, 3.8) is 0 Å². The van der Waals surface area contributed by atoms with E-state index in [2.05, 4.69) is 4.90 Å². The molecule has 16 heavy (non-hydrogen) atoms. The summed E-state index contributed by atoms with van der Waals surface area (Å²) in [6.45, 7) is 6.27. The first-order valence-corrected chi connectivity index (χ1v) is 7.68. The second-order valence-electron chi connectivity index (χ2n) is 4.04. The van der Waals surface area contributed by atoms with E-state index in [1.807, 2.05) is 13.8 Å². The number of piperidine rings is 1. The number of rotatable bonds is 6. The van der Waals surface area contributed by atoms with Gasteiger partial charge in [-0.25, -0.2) is 0 Å². The number of hydrogen-bond acceptors (Lipinski definition) is 5. The van der Waals surface area contributed by atoms with E-state index in [4.69, 9.17) is 14.8 Å². The van der Waals surface area contributed by atoms with Crippen molar-refractivity contribution in [3.05, 3.63) is 0 Å². The van der Waals surface area contributed by atoms with Gasteiger partial charge in [0.2, 0.25) is 0 Å². The molecule has 0 spiro atoms. The van der Waals surface area contributed by atoms with Crippen LogP contribution in [0.4, 0.5) is 0 Å². The Morgan fingerprint density at radius 3 is 2.19 bits per heavy atom. The molecular weight excluding hydrogens is 227 g/mol. The van der Waals surface area contributed by atoms with Crippen LogP contribution in [0.15, 0.2) is 0 Å². The average molecular weight is 250 g/mol. The predicted octanol–water partition coefficient (Wildman–Crippen LogP) is 1.63. The molecule has 0 unspecified atom stereocenters. The lowest BCUT2D eigenvalue weighted by Gasteiger charge is -2.32. The van der Waals surface area contributed by atoms with Gasteiger partial charge >= 0.3 is 7.60 Å². The second kappa shape index (κ2) is 6.72. The summed E-state index contributed by atoms with van der Waals surface area (Å²) in [7, 11) is -2.92. The van der Waals surface area contributed by atoms with Crippen molar-refractivity contribution in [1.82, 2.24) is 4.90 Å². The van der Waals surface area contributed by atoms with Gasteiger partial charge in [0.25, 0.3) is 0 Å². The summed E-state index contributed by atoms with van der Waals surface area (Å²) >= 11 is 0. The quantitative estimate of drug-likeness (QED) is 0.726. The van der Waals surface area contributed by atoms with E-state index in [1.54, 1.807) is 0 Å². The summed E-state index contributed by atoms with van der Waals surface area (Å²) in [5.74, 6) is 0. The standard InChI is InChI=1S/C10H23N2O3P/c1-3-14-16(13,15-4-2)9-12-7-5-10(11)6-8-12/h10H,3-9,11H2,1-2H3. The first-order valence-electron chi connectivity index (χ1n) is 5.95. The Bertz CT molecular complexity index is 232. The Morgan fingerprint density at radius 1 is 1.25 bits per heavy atom. The highest BCUT2D eigenvalue weighted by atomic mass is 31.2. The van der Waals surface area contributed by atoms with E-state index in [9.17, 15) is 4.57 Å². The number of nitrogens with zero attached hydrogens (tertiary/aromatic N) is 1. The average Bonchev–Trinajstić information content (AvgIpc) is 2.22.